The largest absolute Gasteiger partial charge is 0.454 e. The molecule has 0 radical (unpaired) electrons. The van der Waals surface area contributed by atoms with E-state index < -0.39 is 31.6 Å². The zero-order valence-corrected chi connectivity index (χ0v) is 35.4. The normalized spacial score (nSPS) is 21.6. The van der Waals surface area contributed by atoms with Crippen molar-refractivity contribution in [3.8, 4) is 11.5 Å². The van der Waals surface area contributed by atoms with Crippen molar-refractivity contribution in [1.82, 2.24) is 15.0 Å². The average Bonchev–Trinajstić information content (AvgIpc) is 3.86. The van der Waals surface area contributed by atoms with Crippen molar-refractivity contribution >= 4 is 53.2 Å². The Morgan fingerprint density at radius 3 is 2.42 bits per heavy atom. The highest BCUT2D eigenvalue weighted by Gasteiger charge is 2.66. The first-order valence-corrected chi connectivity index (χ1v) is 23.6. The Morgan fingerprint density at radius 1 is 0.898 bits per heavy atom. The predicted molar refractivity (Wildman–Crippen MR) is 229 cm³/mol. The first-order valence-electron chi connectivity index (χ1n) is 19.8. The maximum Gasteiger partial charge on any atom is 0.266 e. The number of ether oxygens (including phenoxy) is 2. The zero-order valence-electron chi connectivity index (χ0n) is 32.8. The van der Waals surface area contributed by atoms with Crippen LogP contribution in [0.15, 0.2) is 132 Å². The molecule has 2 amide bonds. The number of carbonyl (C=O) groups is 2. The number of anilines is 3. The van der Waals surface area contributed by atoms with Crippen molar-refractivity contribution in [2.24, 2.45) is 5.92 Å². The van der Waals surface area contributed by atoms with Gasteiger partial charge in [0.2, 0.25) is 8.41 Å². The highest BCUT2D eigenvalue weighted by atomic mass is 79.9. The Morgan fingerprint density at radius 2 is 1.64 bits per heavy atom. The van der Waals surface area contributed by atoms with Crippen LogP contribution in [0.1, 0.15) is 52.0 Å². The fourth-order valence-corrected chi connectivity index (χ4v) is 12.3. The quantitative estimate of drug-likeness (QED) is 0.108. The molecule has 300 valence electrons. The van der Waals surface area contributed by atoms with Crippen LogP contribution in [0.25, 0.3) is 0 Å². The van der Waals surface area contributed by atoms with Crippen LogP contribution >= 0.6 is 15.9 Å². The number of aliphatic hydroxyl groups is 1. The smallest absolute Gasteiger partial charge is 0.266 e. The van der Waals surface area contributed by atoms with Crippen LogP contribution < -0.4 is 14.5 Å². The second-order valence-electron chi connectivity index (χ2n) is 16.0. The van der Waals surface area contributed by atoms with Gasteiger partial charge in [-0.2, -0.15) is 0 Å². The second-order valence-corrected chi connectivity index (χ2v) is 20.8. The first kappa shape index (κ1) is 39.0. The maximum atomic E-state index is 16.6. The van der Waals surface area contributed by atoms with Crippen LogP contribution in [-0.2, 0) is 28.2 Å². The van der Waals surface area contributed by atoms with Crippen molar-refractivity contribution in [2.75, 3.05) is 16.4 Å². The number of halogens is 2. The molecule has 1 spiro atoms. The van der Waals surface area contributed by atoms with Crippen LogP contribution in [0.4, 0.5) is 21.2 Å². The fraction of sp³-hybridized carbons (Fsp3) is 0.261. The maximum absolute atomic E-state index is 16.6. The van der Waals surface area contributed by atoms with E-state index in [-0.39, 0.29) is 30.9 Å². The van der Waals surface area contributed by atoms with E-state index in [0.29, 0.717) is 58.3 Å². The van der Waals surface area contributed by atoms with Gasteiger partial charge in [0.1, 0.15) is 5.75 Å². The van der Waals surface area contributed by atoms with Gasteiger partial charge in [-0.05, 0) is 85.2 Å². The van der Waals surface area contributed by atoms with E-state index >= 15 is 8.90 Å². The fourth-order valence-electron chi connectivity index (χ4n) is 9.38. The summed E-state index contributed by atoms with van der Waals surface area (Å²) in [5.74, 6) is -0.261. The molecule has 13 heteroatoms. The van der Waals surface area contributed by atoms with Gasteiger partial charge in [0.25, 0.3) is 11.8 Å². The van der Waals surface area contributed by atoms with Gasteiger partial charge in [0.15, 0.2) is 11.4 Å². The number of aryl methyl sites for hydroxylation is 1. The summed E-state index contributed by atoms with van der Waals surface area (Å²) in [6.45, 7) is 5.80. The minimum Gasteiger partial charge on any atom is -0.454 e. The van der Waals surface area contributed by atoms with Gasteiger partial charge in [-0.15, -0.1) is 5.10 Å². The third kappa shape index (κ3) is 6.79. The molecule has 59 heavy (non-hydrogen) atoms. The summed E-state index contributed by atoms with van der Waals surface area (Å²) >= 11 is 3.65. The number of hydrogen-bond acceptors (Lipinski definition) is 7. The van der Waals surface area contributed by atoms with E-state index in [0.717, 1.165) is 15.6 Å². The van der Waals surface area contributed by atoms with Crippen LogP contribution in [0, 0.1) is 5.92 Å². The number of benzene rings is 5. The number of rotatable bonds is 10. The first-order chi connectivity index (χ1) is 28.5. The van der Waals surface area contributed by atoms with Crippen LogP contribution in [0.5, 0.6) is 11.5 Å². The van der Waals surface area contributed by atoms with Gasteiger partial charge in [0.05, 0.1) is 47.8 Å². The number of carbonyl (C=O) groups excluding carboxylic acids is 2. The van der Waals surface area contributed by atoms with Crippen LogP contribution in [-0.4, -0.2) is 53.0 Å². The molecule has 4 heterocycles. The van der Waals surface area contributed by atoms with Gasteiger partial charge >= 0.3 is 0 Å². The van der Waals surface area contributed by atoms with Crippen molar-refractivity contribution in [3.63, 3.8) is 0 Å². The van der Waals surface area contributed by atoms with Crippen molar-refractivity contribution in [3.05, 3.63) is 160 Å². The van der Waals surface area contributed by atoms with Gasteiger partial charge in [0, 0.05) is 39.9 Å². The van der Waals surface area contributed by atoms with Crippen LogP contribution in [0.2, 0.25) is 18.6 Å². The molecule has 0 aliphatic carbocycles. The Hall–Kier alpha value is -5.47. The standard InChI is InChI=1S/C46H43BrFN5O5Si/c1-29-43(59(2,3)48)42(22-23-51-27-37(49-50-51)35(28-54)31-13-5-4-6-14-31)58-46(29)36-25-32(47)20-21-38(36)52(45(46)56)26-30-12-11-15-33(24-30)53-39-17-8-10-19-41(39)57-40-18-9-7-16-34(40)44(53)55/h4-21,24-25,27,29,35,42-43,54H,22-23,26,28H2,1-3H3/t29-,35?,42+,43-,46+/m1/s1. The summed E-state index contributed by atoms with van der Waals surface area (Å²) in [4.78, 5) is 32.8. The van der Waals surface area contributed by atoms with Crippen molar-refractivity contribution in [1.29, 1.82) is 0 Å². The number of hydrogen-bond donors (Lipinski definition) is 1. The van der Waals surface area contributed by atoms with E-state index in [1.807, 2.05) is 122 Å². The Labute approximate surface area is 351 Å². The lowest BCUT2D eigenvalue weighted by Crippen LogP contribution is -2.45. The molecule has 1 N–H and O–H groups in total. The Bertz CT molecular complexity index is 2570. The molecule has 1 aromatic heterocycles. The minimum atomic E-state index is -3.43. The van der Waals surface area contributed by atoms with Crippen LogP contribution in [0.3, 0.4) is 0 Å². The van der Waals surface area contributed by atoms with E-state index in [1.165, 1.54) is 0 Å². The average molecular weight is 873 g/mol. The molecular formula is C46H43BrFN5O5Si. The molecule has 10 nitrogen and oxygen atoms in total. The third-order valence-electron chi connectivity index (χ3n) is 12.0. The number of fused-ring (bicyclic) bond motifs is 4. The summed E-state index contributed by atoms with van der Waals surface area (Å²) in [7, 11) is -3.43. The van der Waals surface area contributed by atoms with Gasteiger partial charge < -0.3 is 23.6 Å². The van der Waals surface area contributed by atoms with E-state index in [9.17, 15) is 9.90 Å². The molecule has 1 saturated heterocycles. The number of para-hydroxylation sites is 3. The highest BCUT2D eigenvalue weighted by Crippen LogP contribution is 2.60. The molecule has 0 bridgehead atoms. The SMILES string of the molecule is C[C@@H]1[C@@H]([Si](C)(C)F)[C@H](CCn2cc(C(CO)c3ccccc3)nn2)O[C@@]12C(=O)N(Cc1cccc(N3C(=O)c4ccccc4Oc4ccccc43)c1)c1ccc(Br)cc12. The lowest BCUT2D eigenvalue weighted by molar-refractivity contribution is -0.146. The Kier molecular flexibility index (Phi) is 10.1. The molecule has 3 aliphatic heterocycles. The number of aliphatic hydroxyl groups excluding tert-OH is 1. The molecular weight excluding hydrogens is 830 g/mol. The summed E-state index contributed by atoms with van der Waals surface area (Å²) in [6.07, 6.45) is 1.65. The lowest BCUT2D eigenvalue weighted by atomic mass is 9.82. The number of amides is 2. The number of nitrogens with zero attached hydrogens (tertiary/aromatic N) is 5. The zero-order chi connectivity index (χ0) is 41.1. The second kappa shape index (κ2) is 15.3. The molecule has 6 aromatic rings. The van der Waals surface area contributed by atoms with E-state index in [2.05, 4.69) is 26.2 Å². The molecule has 1 unspecified atom stereocenters. The lowest BCUT2D eigenvalue weighted by Gasteiger charge is -2.31. The van der Waals surface area contributed by atoms with Crippen molar-refractivity contribution < 1.29 is 28.3 Å². The Balaban J connectivity index is 1.02. The molecule has 5 aromatic carbocycles. The highest BCUT2D eigenvalue weighted by molar-refractivity contribution is 9.10. The van der Waals surface area contributed by atoms with Crippen molar-refractivity contribution in [2.45, 2.75) is 62.7 Å². The molecule has 0 saturated carbocycles. The van der Waals surface area contributed by atoms with Gasteiger partial charge in [-0.25, -0.2) is 0 Å². The molecule has 5 atom stereocenters. The molecule has 9 rings (SSSR count). The minimum absolute atomic E-state index is 0.121. The van der Waals surface area contributed by atoms with E-state index in [4.69, 9.17) is 9.47 Å². The number of aromatic nitrogens is 3. The summed E-state index contributed by atoms with van der Waals surface area (Å²) in [5, 5.41) is 19.0. The third-order valence-corrected chi connectivity index (χ3v) is 15.0. The molecule has 3 aliphatic rings. The van der Waals surface area contributed by atoms with Gasteiger partial charge in [-0.3, -0.25) is 19.2 Å². The monoisotopic (exact) mass is 871 g/mol. The van der Waals surface area contributed by atoms with E-state index in [1.54, 1.807) is 39.7 Å². The van der Waals surface area contributed by atoms with Gasteiger partial charge in [-0.1, -0.05) is 94.8 Å². The predicted octanol–water partition coefficient (Wildman–Crippen LogP) is 9.66. The summed E-state index contributed by atoms with van der Waals surface area (Å²) in [5.41, 5.74) is 3.51. The summed E-state index contributed by atoms with van der Waals surface area (Å²) in [6, 6.07) is 37.7. The topological polar surface area (TPSA) is 110 Å². The molecule has 1 fully saturated rings. The summed E-state index contributed by atoms with van der Waals surface area (Å²) < 4.78 is 32.4.